The third kappa shape index (κ3) is 7.63. The summed E-state index contributed by atoms with van der Waals surface area (Å²) < 4.78 is 2.81. The number of imidazole rings is 2. The van der Waals surface area contributed by atoms with Crippen LogP contribution in [-0.2, 0) is 0 Å². The minimum Gasteiger partial charge on any atom is -0.398 e. The fourth-order valence-electron chi connectivity index (χ4n) is 12.0. The second-order valence-electron chi connectivity index (χ2n) is 20.3. The van der Waals surface area contributed by atoms with E-state index in [1.807, 2.05) is 12.1 Å². The number of nitrogen functional groups attached to an aromatic ring is 2. The van der Waals surface area contributed by atoms with Gasteiger partial charge in [-0.3, -0.25) is 48.2 Å². The Balaban J connectivity index is 1.04. The van der Waals surface area contributed by atoms with Gasteiger partial charge in [0, 0.05) is 90.2 Å². The number of nitrogens with two attached hydrogens (primary N) is 2. The number of benzene rings is 7. The minimum absolute atomic E-state index is 0.0665. The Morgan fingerprint density at radius 3 is 1.19 bits per heavy atom. The van der Waals surface area contributed by atoms with Gasteiger partial charge in [-0.15, -0.1) is 0 Å². The molecule has 11 rings (SSSR count). The molecule has 0 saturated carbocycles. The minimum atomic E-state index is -0.579. The van der Waals surface area contributed by atoms with Crippen molar-refractivity contribution >= 4 is 132 Å². The van der Waals surface area contributed by atoms with E-state index in [1.165, 1.54) is 58.8 Å². The number of pyridine rings is 2. The zero-order chi connectivity index (χ0) is 51.7. The Hall–Kier alpha value is -8.14. The monoisotopic (exact) mass is 992 g/mol. The zero-order valence-corrected chi connectivity index (χ0v) is 41.6. The van der Waals surface area contributed by atoms with E-state index in [0.717, 1.165) is 64.2 Å². The normalized spacial score (nSPS) is 12.4. The van der Waals surface area contributed by atoms with Crippen LogP contribution in [0.1, 0.15) is 150 Å². The Bertz CT molecular complexity index is 3980. The lowest BCUT2D eigenvalue weighted by atomic mass is 9.85. The number of nitro groups is 2. The number of hydrogen-bond donors (Lipinski definition) is 2. The fourth-order valence-corrected chi connectivity index (χ4v) is 12.0. The standard InChI is InChI=1S/C58H56N8O8/c1-3-5-7-9-11-13-15-17-19-47(67)35-27-45-41(29-43(35)65(71)72)61-55-37-25-39(59)51-32-22-24-34-50-38(26-40(60)52(54(32)50)31-21-23-33(49(37)53(31)51)57(69)63(45)55)56-62-42-30-44(66(73)74)36(28-46(42)64(56)58(34)70)48(68)20-18-16-14-12-10-8-6-4-2/h21-30H,3-20,59-60H2,1-2H3. The van der Waals surface area contributed by atoms with Crippen LogP contribution in [-0.4, -0.2) is 40.2 Å². The van der Waals surface area contributed by atoms with Crippen molar-refractivity contribution in [2.75, 3.05) is 11.5 Å². The van der Waals surface area contributed by atoms with Crippen LogP contribution in [0, 0.1) is 20.2 Å². The number of carbonyl (C=O) groups excluding carboxylic acids is 2. The summed E-state index contributed by atoms with van der Waals surface area (Å²) in [6.45, 7) is 4.34. The molecule has 0 aliphatic heterocycles. The number of aromatic nitrogens is 4. The molecular weight excluding hydrogens is 937 g/mol. The zero-order valence-electron chi connectivity index (χ0n) is 41.6. The third-order valence-corrected chi connectivity index (χ3v) is 15.6. The van der Waals surface area contributed by atoms with Crippen LogP contribution >= 0.6 is 0 Å². The first-order valence-electron chi connectivity index (χ1n) is 26.2. The predicted octanol–water partition coefficient (Wildman–Crippen LogP) is 13.6. The molecule has 0 saturated heterocycles. The van der Waals surface area contributed by atoms with Gasteiger partial charge in [0.15, 0.2) is 11.6 Å². The first-order valence-corrected chi connectivity index (χ1v) is 26.2. The number of nitro benzene ring substituents is 2. The smallest absolute Gasteiger partial charge is 0.282 e. The maximum Gasteiger partial charge on any atom is 0.282 e. The molecule has 0 atom stereocenters. The molecule has 376 valence electrons. The highest BCUT2D eigenvalue weighted by molar-refractivity contribution is 6.44. The average Bonchev–Trinajstić information content (AvgIpc) is 4.01. The number of hydrogen-bond acceptors (Lipinski definition) is 12. The number of nitrogens with zero attached hydrogens (tertiary/aromatic N) is 6. The summed E-state index contributed by atoms with van der Waals surface area (Å²) in [5, 5.41) is 31.6. The first kappa shape index (κ1) is 48.1. The van der Waals surface area contributed by atoms with Gasteiger partial charge in [-0.1, -0.05) is 116 Å². The second-order valence-corrected chi connectivity index (χ2v) is 20.3. The number of Topliss-reactive ketones (excluding diaryl/α,β-unsaturated/α-hetero) is 2. The number of anilines is 2. The lowest BCUT2D eigenvalue weighted by Crippen LogP contribution is -2.15. The average molecular weight is 993 g/mol. The van der Waals surface area contributed by atoms with Gasteiger partial charge in [0.2, 0.25) is 0 Å². The van der Waals surface area contributed by atoms with Crippen molar-refractivity contribution in [2.24, 2.45) is 0 Å². The van der Waals surface area contributed by atoms with E-state index in [-0.39, 0.29) is 80.3 Å². The molecule has 0 aliphatic rings. The van der Waals surface area contributed by atoms with Gasteiger partial charge in [-0.05, 0) is 60.0 Å². The third-order valence-electron chi connectivity index (χ3n) is 15.6. The number of carbonyl (C=O) groups is 2. The van der Waals surface area contributed by atoms with E-state index in [4.69, 9.17) is 21.4 Å². The Labute approximate surface area is 422 Å². The Kier molecular flexibility index (Phi) is 12.4. The summed E-state index contributed by atoms with van der Waals surface area (Å²) in [7, 11) is 0. The maximum absolute atomic E-state index is 14.9. The molecule has 0 spiro atoms. The van der Waals surface area contributed by atoms with Crippen LogP contribution in [0.2, 0.25) is 0 Å². The lowest BCUT2D eigenvalue weighted by Gasteiger charge is -2.20. The predicted molar refractivity (Wildman–Crippen MR) is 295 cm³/mol. The molecule has 74 heavy (non-hydrogen) atoms. The van der Waals surface area contributed by atoms with Crippen molar-refractivity contribution in [3.05, 3.63) is 113 Å². The molecular formula is C58H56N8O8. The number of ketones is 2. The summed E-state index contributed by atoms with van der Waals surface area (Å²) in [5.74, 6) is -0.729. The number of rotatable bonds is 22. The number of unbranched alkanes of at least 4 members (excludes halogenated alkanes) is 14. The molecule has 0 unspecified atom stereocenters. The van der Waals surface area contributed by atoms with Crippen molar-refractivity contribution in [3.8, 4) is 0 Å². The van der Waals surface area contributed by atoms with Crippen LogP contribution in [0.15, 0.2) is 70.3 Å². The van der Waals surface area contributed by atoms with Gasteiger partial charge in [0.25, 0.3) is 22.5 Å². The summed E-state index contributed by atoms with van der Waals surface area (Å²) in [6.07, 6.45) is 16.7. The summed E-state index contributed by atoms with van der Waals surface area (Å²) in [4.78, 5) is 90.5. The van der Waals surface area contributed by atoms with Crippen molar-refractivity contribution in [1.82, 2.24) is 18.8 Å². The van der Waals surface area contributed by atoms with Crippen molar-refractivity contribution in [2.45, 2.75) is 129 Å². The summed E-state index contributed by atoms with van der Waals surface area (Å²) >= 11 is 0. The topological polar surface area (TPSA) is 241 Å². The lowest BCUT2D eigenvalue weighted by molar-refractivity contribution is -0.385. The van der Waals surface area contributed by atoms with Crippen molar-refractivity contribution in [1.29, 1.82) is 0 Å². The van der Waals surface area contributed by atoms with Gasteiger partial charge >= 0.3 is 0 Å². The van der Waals surface area contributed by atoms with E-state index in [2.05, 4.69) is 13.8 Å². The molecule has 16 heteroatoms. The largest absolute Gasteiger partial charge is 0.398 e. The van der Waals surface area contributed by atoms with Crippen LogP contribution in [0.5, 0.6) is 0 Å². The van der Waals surface area contributed by atoms with E-state index in [9.17, 15) is 39.4 Å². The number of fused-ring (bicyclic) bond motifs is 10. The van der Waals surface area contributed by atoms with E-state index >= 15 is 0 Å². The molecule has 0 fully saturated rings. The summed E-state index contributed by atoms with van der Waals surface area (Å²) in [6, 6.07) is 15.9. The van der Waals surface area contributed by atoms with E-state index in [0.29, 0.717) is 88.9 Å². The Morgan fingerprint density at radius 2 is 0.824 bits per heavy atom. The van der Waals surface area contributed by atoms with Crippen LogP contribution in [0.3, 0.4) is 0 Å². The quantitative estimate of drug-likeness (QED) is 0.0123. The first-order chi connectivity index (χ1) is 35.8. The van der Waals surface area contributed by atoms with Gasteiger partial charge < -0.3 is 11.5 Å². The molecule has 4 heterocycles. The SMILES string of the molecule is CCCCCCCCCCC(=O)c1cc2c(cc1[N+](=O)[O-])nc1c3cc(N)c4c5ccc6c(=O)n7c8cc(C(=O)CCCCCCCCCC)c([N+](=O)[O-])cc8nc7c7cc(N)c(c8ccc(c(=O)n21)c3c84)c5c67. The van der Waals surface area contributed by atoms with E-state index < -0.39 is 21.0 Å². The molecule has 11 aromatic rings. The fraction of sp³-hybridized carbons (Fsp3) is 0.345. The van der Waals surface area contributed by atoms with Crippen molar-refractivity contribution in [3.63, 3.8) is 0 Å². The van der Waals surface area contributed by atoms with Gasteiger partial charge in [0.05, 0.1) is 43.0 Å². The summed E-state index contributed by atoms with van der Waals surface area (Å²) in [5.41, 5.74) is 14.5. The van der Waals surface area contributed by atoms with Crippen LogP contribution in [0.25, 0.3) is 98.0 Å². The van der Waals surface area contributed by atoms with Gasteiger partial charge in [-0.25, -0.2) is 9.97 Å². The second kappa shape index (κ2) is 19.0. The van der Waals surface area contributed by atoms with Crippen molar-refractivity contribution < 1.29 is 19.4 Å². The molecule has 16 nitrogen and oxygen atoms in total. The van der Waals surface area contributed by atoms with Gasteiger partial charge in [-0.2, -0.15) is 0 Å². The highest BCUT2D eigenvalue weighted by Crippen LogP contribution is 2.50. The van der Waals surface area contributed by atoms with Gasteiger partial charge in [0.1, 0.15) is 11.3 Å². The molecule has 4 aromatic heterocycles. The molecule has 4 N–H and O–H groups in total. The van der Waals surface area contributed by atoms with E-state index in [1.54, 1.807) is 24.3 Å². The molecule has 0 radical (unpaired) electrons. The Morgan fingerprint density at radius 1 is 0.473 bits per heavy atom. The molecule has 0 aliphatic carbocycles. The highest BCUT2D eigenvalue weighted by atomic mass is 16.6. The molecule has 0 bridgehead atoms. The molecule has 7 aromatic carbocycles. The highest BCUT2D eigenvalue weighted by Gasteiger charge is 2.30. The van der Waals surface area contributed by atoms with Crippen LogP contribution < -0.4 is 22.6 Å². The van der Waals surface area contributed by atoms with Crippen LogP contribution in [0.4, 0.5) is 22.7 Å². The maximum atomic E-state index is 14.9. The molecule has 0 amide bonds.